The fraction of sp³-hybridized carbons (Fsp3) is 0.208. The van der Waals surface area contributed by atoms with Gasteiger partial charge in [-0.1, -0.05) is 35.3 Å². The predicted octanol–water partition coefficient (Wildman–Crippen LogP) is 5.00. The molecule has 0 unspecified atom stereocenters. The molecule has 204 valence electrons. The van der Waals surface area contributed by atoms with Gasteiger partial charge in [0.05, 0.1) is 40.0 Å². The number of nitrogens with zero attached hydrogens (tertiary/aromatic N) is 4. The van der Waals surface area contributed by atoms with Crippen LogP contribution in [0.4, 0.5) is 18.9 Å². The zero-order valence-corrected chi connectivity index (χ0v) is 22.1. The maximum atomic E-state index is 13.9. The third-order valence-corrected chi connectivity index (χ3v) is 8.56. The van der Waals surface area contributed by atoms with Crippen LogP contribution >= 0.6 is 23.2 Å². The second-order valence-corrected chi connectivity index (χ2v) is 11.2. The summed E-state index contributed by atoms with van der Waals surface area (Å²) in [6.45, 7) is 0.911. The van der Waals surface area contributed by atoms with Crippen LogP contribution in [-0.2, 0) is 20.9 Å². The van der Waals surface area contributed by atoms with Crippen molar-refractivity contribution < 1.29 is 31.1 Å². The number of fused-ring (bicyclic) bond motifs is 1. The van der Waals surface area contributed by atoms with E-state index in [0.717, 1.165) is 12.3 Å². The lowest BCUT2D eigenvalue weighted by Crippen LogP contribution is -2.40. The summed E-state index contributed by atoms with van der Waals surface area (Å²) in [5.41, 5.74) is -1.53. The third kappa shape index (κ3) is 5.45. The molecule has 2 aromatic carbocycles. The Bertz CT molecular complexity index is 1690. The van der Waals surface area contributed by atoms with Gasteiger partial charge in [-0.15, -0.1) is 0 Å². The average Bonchev–Trinajstić information content (AvgIpc) is 3.34. The highest BCUT2D eigenvalue weighted by Crippen LogP contribution is 2.34. The van der Waals surface area contributed by atoms with E-state index in [1.807, 2.05) is 0 Å². The molecule has 0 aliphatic carbocycles. The number of anilines is 1. The molecule has 39 heavy (non-hydrogen) atoms. The van der Waals surface area contributed by atoms with E-state index in [2.05, 4.69) is 15.4 Å². The Hall–Kier alpha value is -3.23. The van der Waals surface area contributed by atoms with Crippen molar-refractivity contribution in [1.29, 1.82) is 0 Å². The Kier molecular flexibility index (Phi) is 7.29. The van der Waals surface area contributed by atoms with Crippen molar-refractivity contribution in [1.82, 2.24) is 18.9 Å². The molecule has 5 rings (SSSR count). The topological polar surface area (TPSA) is 106 Å². The van der Waals surface area contributed by atoms with Gasteiger partial charge >= 0.3 is 6.18 Å². The molecule has 0 atom stereocenters. The number of halogens is 5. The molecule has 1 amide bonds. The number of rotatable bonds is 5. The smallest absolute Gasteiger partial charge is 0.379 e. The molecule has 0 spiro atoms. The lowest BCUT2D eigenvalue weighted by atomic mass is 10.1. The average molecular weight is 600 g/mol. The van der Waals surface area contributed by atoms with Gasteiger partial charge in [-0.25, -0.2) is 17.9 Å². The Morgan fingerprint density at radius 1 is 1.03 bits per heavy atom. The number of sulfonamides is 1. The van der Waals surface area contributed by atoms with E-state index >= 15 is 0 Å². The van der Waals surface area contributed by atoms with Crippen molar-refractivity contribution in [2.24, 2.45) is 0 Å². The Balaban J connectivity index is 1.52. The first-order valence-corrected chi connectivity index (χ1v) is 13.6. The number of alkyl halides is 3. The van der Waals surface area contributed by atoms with Crippen molar-refractivity contribution in [2.75, 3.05) is 31.6 Å². The summed E-state index contributed by atoms with van der Waals surface area (Å²) >= 11 is 12.0. The highest BCUT2D eigenvalue weighted by molar-refractivity contribution is 7.89. The zero-order valence-electron chi connectivity index (χ0n) is 19.7. The summed E-state index contributed by atoms with van der Waals surface area (Å²) < 4.78 is 74.7. The van der Waals surface area contributed by atoms with E-state index in [0.29, 0.717) is 4.52 Å². The van der Waals surface area contributed by atoms with Gasteiger partial charge in [0.15, 0.2) is 11.3 Å². The van der Waals surface area contributed by atoms with Crippen LogP contribution in [0.1, 0.15) is 16.1 Å². The monoisotopic (exact) mass is 599 g/mol. The first-order chi connectivity index (χ1) is 18.4. The molecule has 2 aromatic heterocycles. The van der Waals surface area contributed by atoms with Gasteiger partial charge in [0.1, 0.15) is 5.56 Å². The number of ether oxygens (including phenoxy) is 1. The maximum Gasteiger partial charge on any atom is 0.433 e. The molecule has 1 saturated heterocycles. The molecule has 1 N–H and O–H groups in total. The molecule has 0 radical (unpaired) electrons. The van der Waals surface area contributed by atoms with Crippen LogP contribution < -0.4 is 5.32 Å². The summed E-state index contributed by atoms with van der Waals surface area (Å²) in [6.07, 6.45) is -3.87. The fourth-order valence-electron chi connectivity index (χ4n) is 4.00. The molecular weight excluding hydrogens is 582 g/mol. The van der Waals surface area contributed by atoms with Crippen LogP contribution in [0.15, 0.2) is 59.6 Å². The second kappa shape index (κ2) is 10.4. The number of benzene rings is 2. The van der Waals surface area contributed by atoms with Crippen molar-refractivity contribution in [3.63, 3.8) is 0 Å². The van der Waals surface area contributed by atoms with E-state index in [4.69, 9.17) is 27.9 Å². The molecule has 3 heterocycles. The number of hydrogen-bond donors (Lipinski definition) is 1. The highest BCUT2D eigenvalue weighted by atomic mass is 35.5. The van der Waals surface area contributed by atoms with Crippen molar-refractivity contribution in [3.05, 3.63) is 76.0 Å². The van der Waals surface area contributed by atoms with Crippen molar-refractivity contribution >= 4 is 50.5 Å². The van der Waals surface area contributed by atoms with Crippen molar-refractivity contribution in [3.8, 4) is 11.3 Å². The minimum atomic E-state index is -4.83. The number of amides is 1. The quantitative estimate of drug-likeness (QED) is 0.346. The summed E-state index contributed by atoms with van der Waals surface area (Å²) in [6, 6.07) is 10.6. The van der Waals surface area contributed by atoms with Gasteiger partial charge in [-0.3, -0.25) is 4.79 Å². The van der Waals surface area contributed by atoms with E-state index in [9.17, 15) is 26.4 Å². The minimum absolute atomic E-state index is 0.0542. The number of aromatic nitrogens is 3. The SMILES string of the molecule is O=C(Nc1cccc(S(=O)(=O)N2CCOCC2)c1)c1cnn2c(C(F)(F)F)cc(-c3ccc(Cl)c(Cl)c3)nc12. The fourth-order valence-corrected chi connectivity index (χ4v) is 5.75. The van der Waals surface area contributed by atoms with E-state index in [1.54, 1.807) is 0 Å². The Morgan fingerprint density at radius 2 is 1.77 bits per heavy atom. The molecule has 1 aliphatic heterocycles. The molecule has 9 nitrogen and oxygen atoms in total. The first-order valence-electron chi connectivity index (χ1n) is 11.4. The van der Waals surface area contributed by atoms with Crippen LogP contribution in [0.2, 0.25) is 10.0 Å². The van der Waals surface area contributed by atoms with Crippen LogP contribution in [0.5, 0.6) is 0 Å². The number of carbonyl (C=O) groups excluding carboxylic acids is 1. The van der Waals surface area contributed by atoms with Gasteiger partial charge in [0.2, 0.25) is 10.0 Å². The molecule has 1 aliphatic rings. The lowest BCUT2D eigenvalue weighted by molar-refractivity contribution is -0.142. The normalized spacial score (nSPS) is 15.0. The zero-order chi connectivity index (χ0) is 27.9. The molecule has 1 fully saturated rings. The van der Waals surface area contributed by atoms with Crippen LogP contribution in [0.3, 0.4) is 0 Å². The predicted molar refractivity (Wildman–Crippen MR) is 137 cm³/mol. The summed E-state index contributed by atoms with van der Waals surface area (Å²) in [5.74, 6) is -0.835. The largest absolute Gasteiger partial charge is 0.433 e. The third-order valence-electron chi connectivity index (χ3n) is 5.92. The van der Waals surface area contributed by atoms with Gasteiger partial charge < -0.3 is 10.1 Å². The van der Waals surface area contributed by atoms with Crippen LogP contribution in [0, 0.1) is 0 Å². The number of hydrogen-bond acceptors (Lipinski definition) is 6. The van der Waals surface area contributed by atoms with E-state index < -0.39 is 27.8 Å². The first kappa shape index (κ1) is 27.3. The number of carbonyl (C=O) groups is 1. The number of nitrogens with one attached hydrogen (secondary N) is 1. The standard InChI is InChI=1S/C24H18Cl2F3N5O4S/c25-18-5-4-14(10-19(18)26)20-12-21(24(27,28)29)34-22(32-20)17(13-30-34)23(35)31-15-2-1-3-16(11-15)39(36,37)33-6-8-38-9-7-33/h1-5,10-13H,6-9H2,(H,31,35). The van der Waals surface area contributed by atoms with Gasteiger partial charge in [-0.05, 0) is 36.4 Å². The molecule has 15 heteroatoms. The summed E-state index contributed by atoms with van der Waals surface area (Å²) in [5, 5.41) is 6.59. The van der Waals surface area contributed by atoms with E-state index in [1.165, 1.54) is 46.8 Å². The highest BCUT2D eigenvalue weighted by Gasteiger charge is 2.36. The summed E-state index contributed by atoms with van der Waals surface area (Å²) in [4.78, 5) is 17.4. The molecule has 0 bridgehead atoms. The number of morpholine rings is 1. The molecule has 4 aromatic rings. The van der Waals surface area contributed by atoms with Crippen LogP contribution in [0.25, 0.3) is 16.9 Å². The Labute approximate surface area is 230 Å². The van der Waals surface area contributed by atoms with Gasteiger partial charge in [0.25, 0.3) is 5.91 Å². The molecule has 0 saturated carbocycles. The van der Waals surface area contributed by atoms with Crippen LogP contribution in [-0.4, -0.2) is 59.5 Å². The maximum absolute atomic E-state index is 13.9. The second-order valence-electron chi connectivity index (χ2n) is 8.45. The van der Waals surface area contributed by atoms with Gasteiger partial charge in [-0.2, -0.15) is 22.6 Å². The minimum Gasteiger partial charge on any atom is -0.379 e. The van der Waals surface area contributed by atoms with E-state index in [-0.39, 0.29) is 69.4 Å². The molecular formula is C24H18Cl2F3N5O4S. The summed E-state index contributed by atoms with van der Waals surface area (Å²) in [7, 11) is -3.85. The van der Waals surface area contributed by atoms with Crippen molar-refractivity contribution in [2.45, 2.75) is 11.1 Å². The Morgan fingerprint density at radius 3 is 2.46 bits per heavy atom. The lowest BCUT2D eigenvalue weighted by Gasteiger charge is -2.26. The van der Waals surface area contributed by atoms with Gasteiger partial charge in [0, 0.05) is 24.3 Å².